The molecule has 8 heteroatoms. The molecule has 1 aromatic carbocycles. The lowest BCUT2D eigenvalue weighted by Gasteiger charge is -2.11. The van der Waals surface area contributed by atoms with Crippen LogP contribution in [0.4, 0.5) is 5.69 Å². The number of non-ortho nitro benzene ring substituents is 1. The van der Waals surface area contributed by atoms with Gasteiger partial charge in [0, 0.05) is 29.2 Å². The van der Waals surface area contributed by atoms with Crippen LogP contribution in [0.2, 0.25) is 0 Å². The maximum absolute atomic E-state index is 11.8. The zero-order valence-electron chi connectivity index (χ0n) is 11.3. The van der Waals surface area contributed by atoms with Gasteiger partial charge in [-0.3, -0.25) is 14.9 Å². The molecule has 21 heavy (non-hydrogen) atoms. The molecule has 0 saturated carbocycles. The van der Waals surface area contributed by atoms with Crippen LogP contribution in [-0.2, 0) is 11.2 Å². The van der Waals surface area contributed by atoms with Crippen molar-refractivity contribution < 1.29 is 9.72 Å². The summed E-state index contributed by atoms with van der Waals surface area (Å²) in [5.41, 5.74) is 0.753. The standard InChI is InChI=1S/C13H16BrN3O3.ClH/c14-12-7-11(17(19)20)4-3-9(12)6-13(18)16-8-10-2-1-5-15-10;/h3-4,7,10,15H,1-2,5-6,8H2,(H,16,18);1H. The van der Waals surface area contributed by atoms with E-state index in [9.17, 15) is 14.9 Å². The Morgan fingerprint density at radius 3 is 2.86 bits per heavy atom. The summed E-state index contributed by atoms with van der Waals surface area (Å²) in [5, 5.41) is 16.8. The first-order chi connectivity index (χ1) is 9.56. The van der Waals surface area contributed by atoms with Crippen LogP contribution < -0.4 is 10.6 Å². The average Bonchev–Trinajstić information content (AvgIpc) is 2.91. The minimum Gasteiger partial charge on any atom is -0.354 e. The molecule has 0 radical (unpaired) electrons. The van der Waals surface area contributed by atoms with E-state index in [0.717, 1.165) is 24.9 Å². The number of amides is 1. The SMILES string of the molecule is Cl.O=C(Cc1ccc([N+](=O)[O-])cc1Br)NCC1CCCN1. The van der Waals surface area contributed by atoms with Gasteiger partial charge in [0.25, 0.3) is 5.69 Å². The second kappa shape index (κ2) is 8.31. The van der Waals surface area contributed by atoms with Gasteiger partial charge >= 0.3 is 0 Å². The predicted molar refractivity (Wildman–Crippen MR) is 85.8 cm³/mol. The fourth-order valence-corrected chi connectivity index (χ4v) is 2.70. The van der Waals surface area contributed by atoms with Crippen LogP contribution >= 0.6 is 28.3 Å². The van der Waals surface area contributed by atoms with Gasteiger partial charge in [0.1, 0.15) is 0 Å². The van der Waals surface area contributed by atoms with Crippen molar-refractivity contribution >= 4 is 39.9 Å². The summed E-state index contributed by atoms with van der Waals surface area (Å²) in [6, 6.07) is 4.79. The van der Waals surface area contributed by atoms with Crippen molar-refractivity contribution in [2.24, 2.45) is 0 Å². The van der Waals surface area contributed by atoms with Crippen molar-refractivity contribution in [1.29, 1.82) is 0 Å². The predicted octanol–water partition coefficient (Wildman–Crippen LogP) is 2.19. The number of hydrogen-bond acceptors (Lipinski definition) is 4. The van der Waals surface area contributed by atoms with Crippen molar-refractivity contribution in [1.82, 2.24) is 10.6 Å². The van der Waals surface area contributed by atoms with Crippen LogP contribution in [0.1, 0.15) is 18.4 Å². The number of nitrogens with zero attached hydrogens (tertiary/aromatic N) is 1. The maximum Gasteiger partial charge on any atom is 0.270 e. The first-order valence-electron chi connectivity index (χ1n) is 6.49. The molecule has 1 aliphatic heterocycles. The van der Waals surface area contributed by atoms with Crippen LogP contribution in [0.5, 0.6) is 0 Å². The molecule has 1 aliphatic rings. The Kier molecular flexibility index (Phi) is 7.07. The first kappa shape index (κ1) is 17.9. The van der Waals surface area contributed by atoms with Crippen molar-refractivity contribution in [2.45, 2.75) is 25.3 Å². The fraction of sp³-hybridized carbons (Fsp3) is 0.462. The summed E-state index contributed by atoms with van der Waals surface area (Å²) in [6.07, 6.45) is 2.45. The number of halogens is 2. The number of benzene rings is 1. The molecule has 1 heterocycles. The van der Waals surface area contributed by atoms with E-state index in [4.69, 9.17) is 0 Å². The number of nitro groups is 1. The summed E-state index contributed by atoms with van der Waals surface area (Å²) in [7, 11) is 0. The Morgan fingerprint density at radius 2 is 2.29 bits per heavy atom. The van der Waals surface area contributed by atoms with Gasteiger partial charge in [0.2, 0.25) is 5.91 Å². The molecule has 0 spiro atoms. The summed E-state index contributed by atoms with van der Waals surface area (Å²) in [4.78, 5) is 22.0. The topological polar surface area (TPSA) is 84.3 Å². The molecule has 1 fully saturated rings. The van der Waals surface area contributed by atoms with E-state index < -0.39 is 4.92 Å². The van der Waals surface area contributed by atoms with Gasteiger partial charge in [-0.2, -0.15) is 0 Å². The van der Waals surface area contributed by atoms with Crippen LogP contribution in [0.15, 0.2) is 22.7 Å². The summed E-state index contributed by atoms with van der Waals surface area (Å²) >= 11 is 3.26. The molecular weight excluding hydrogens is 362 g/mol. The normalized spacial score (nSPS) is 17.1. The first-order valence-corrected chi connectivity index (χ1v) is 7.28. The quantitative estimate of drug-likeness (QED) is 0.607. The average molecular weight is 379 g/mol. The van der Waals surface area contributed by atoms with E-state index >= 15 is 0 Å². The molecule has 116 valence electrons. The smallest absolute Gasteiger partial charge is 0.270 e. The molecule has 1 unspecified atom stereocenters. The van der Waals surface area contributed by atoms with Gasteiger partial charge in [-0.05, 0) is 24.9 Å². The zero-order valence-corrected chi connectivity index (χ0v) is 13.7. The van der Waals surface area contributed by atoms with Gasteiger partial charge < -0.3 is 10.6 Å². The number of hydrogen-bond donors (Lipinski definition) is 2. The molecule has 0 aromatic heterocycles. The third-order valence-corrected chi connectivity index (χ3v) is 4.04. The van der Waals surface area contributed by atoms with Gasteiger partial charge in [-0.25, -0.2) is 0 Å². The molecule has 0 aliphatic carbocycles. The second-order valence-corrected chi connectivity index (χ2v) is 5.66. The number of carbonyl (C=O) groups excluding carboxylic acids is 1. The monoisotopic (exact) mass is 377 g/mol. The number of rotatable bonds is 5. The highest BCUT2D eigenvalue weighted by Gasteiger charge is 2.16. The van der Waals surface area contributed by atoms with E-state index in [0.29, 0.717) is 17.1 Å². The molecule has 1 amide bonds. The molecule has 1 atom stereocenters. The highest BCUT2D eigenvalue weighted by molar-refractivity contribution is 9.10. The van der Waals surface area contributed by atoms with Crippen molar-refractivity contribution in [3.05, 3.63) is 38.3 Å². The van der Waals surface area contributed by atoms with Crippen LogP contribution in [-0.4, -0.2) is 30.0 Å². The summed E-state index contributed by atoms with van der Waals surface area (Å²) in [5.74, 6) is -0.0757. The van der Waals surface area contributed by atoms with Gasteiger partial charge in [-0.15, -0.1) is 12.4 Å². The van der Waals surface area contributed by atoms with Crippen molar-refractivity contribution in [3.63, 3.8) is 0 Å². The fourth-order valence-electron chi connectivity index (χ4n) is 2.20. The lowest BCUT2D eigenvalue weighted by atomic mass is 10.1. The number of carbonyl (C=O) groups is 1. The van der Waals surface area contributed by atoms with E-state index in [1.165, 1.54) is 12.1 Å². The maximum atomic E-state index is 11.8. The second-order valence-electron chi connectivity index (χ2n) is 4.81. The minimum atomic E-state index is -0.458. The Bertz CT molecular complexity index is 521. The lowest BCUT2D eigenvalue weighted by molar-refractivity contribution is -0.384. The van der Waals surface area contributed by atoms with E-state index in [-0.39, 0.29) is 30.4 Å². The molecule has 0 bridgehead atoms. The lowest BCUT2D eigenvalue weighted by Crippen LogP contribution is -2.37. The van der Waals surface area contributed by atoms with Crippen LogP contribution in [0.25, 0.3) is 0 Å². The third kappa shape index (κ3) is 5.26. The van der Waals surface area contributed by atoms with Crippen LogP contribution in [0, 0.1) is 10.1 Å². The van der Waals surface area contributed by atoms with Crippen molar-refractivity contribution in [2.75, 3.05) is 13.1 Å². The van der Waals surface area contributed by atoms with Crippen LogP contribution in [0.3, 0.4) is 0 Å². The van der Waals surface area contributed by atoms with Crippen molar-refractivity contribution in [3.8, 4) is 0 Å². The largest absolute Gasteiger partial charge is 0.354 e. The Balaban J connectivity index is 0.00000220. The Labute approximate surface area is 137 Å². The molecule has 2 N–H and O–H groups in total. The molecule has 2 rings (SSSR count). The van der Waals surface area contributed by atoms with E-state index in [1.54, 1.807) is 6.07 Å². The summed E-state index contributed by atoms with van der Waals surface area (Å²) in [6.45, 7) is 1.64. The molecular formula is C13H17BrClN3O3. The Morgan fingerprint density at radius 1 is 1.52 bits per heavy atom. The Hall–Kier alpha value is -1.18. The summed E-state index contributed by atoms with van der Waals surface area (Å²) < 4.78 is 0.584. The zero-order chi connectivity index (χ0) is 14.5. The molecule has 1 saturated heterocycles. The highest BCUT2D eigenvalue weighted by atomic mass is 79.9. The number of nitro benzene ring substituents is 1. The third-order valence-electron chi connectivity index (χ3n) is 3.31. The van der Waals surface area contributed by atoms with Gasteiger partial charge in [0.15, 0.2) is 0 Å². The van der Waals surface area contributed by atoms with E-state index in [2.05, 4.69) is 26.6 Å². The molecule has 1 aromatic rings. The van der Waals surface area contributed by atoms with E-state index in [1.807, 2.05) is 0 Å². The number of nitrogens with one attached hydrogen (secondary N) is 2. The minimum absolute atomic E-state index is 0. The van der Waals surface area contributed by atoms with Gasteiger partial charge in [-0.1, -0.05) is 22.0 Å². The van der Waals surface area contributed by atoms with Gasteiger partial charge in [0.05, 0.1) is 11.3 Å². The highest BCUT2D eigenvalue weighted by Crippen LogP contribution is 2.23. The molecule has 6 nitrogen and oxygen atoms in total.